The summed E-state index contributed by atoms with van der Waals surface area (Å²) in [5, 5.41) is 4.06. The number of urea groups is 1. The monoisotopic (exact) mass is 350 g/mol. The van der Waals surface area contributed by atoms with Crippen molar-refractivity contribution in [2.24, 2.45) is 0 Å². The van der Waals surface area contributed by atoms with Crippen molar-refractivity contribution in [3.05, 3.63) is 53.8 Å². The van der Waals surface area contributed by atoms with Crippen LogP contribution in [0.15, 0.2) is 36.4 Å². The van der Waals surface area contributed by atoms with E-state index in [4.69, 9.17) is 0 Å². The summed E-state index contributed by atoms with van der Waals surface area (Å²) in [6.45, 7) is 0. The molecule has 0 unspecified atom stereocenters. The van der Waals surface area contributed by atoms with Gasteiger partial charge in [0.05, 0.1) is 0 Å². The number of carbonyl (C=O) groups is 1. The topological polar surface area (TPSA) is 50.4 Å². The quantitative estimate of drug-likeness (QED) is 0.792. The maximum Gasteiger partial charge on any atom is 0.573 e. The zero-order valence-electron chi connectivity index (χ0n) is 11.5. The van der Waals surface area contributed by atoms with E-state index in [1.54, 1.807) is 0 Å². The van der Waals surface area contributed by atoms with Crippen molar-refractivity contribution in [3.8, 4) is 5.75 Å². The number of anilines is 2. The second kappa shape index (κ2) is 6.69. The fourth-order valence-corrected chi connectivity index (χ4v) is 1.75. The van der Waals surface area contributed by atoms with E-state index in [0.29, 0.717) is 12.1 Å². The average Bonchev–Trinajstić information content (AvgIpc) is 2.33. The number of halogens is 6. The van der Waals surface area contributed by atoms with Crippen LogP contribution in [0.4, 0.5) is 42.5 Å². The van der Waals surface area contributed by atoms with Gasteiger partial charge in [-0.15, -0.1) is 13.2 Å². The molecule has 0 spiro atoms. The van der Waals surface area contributed by atoms with Gasteiger partial charge in [0.1, 0.15) is 23.2 Å². The van der Waals surface area contributed by atoms with E-state index >= 15 is 0 Å². The fourth-order valence-electron chi connectivity index (χ4n) is 1.75. The van der Waals surface area contributed by atoms with E-state index in [0.717, 1.165) is 24.3 Å². The molecule has 128 valence electrons. The molecule has 0 bridgehead atoms. The Morgan fingerprint density at radius 1 is 0.792 bits per heavy atom. The Morgan fingerprint density at radius 3 is 1.75 bits per heavy atom. The molecule has 2 aromatic rings. The van der Waals surface area contributed by atoms with Gasteiger partial charge in [0.2, 0.25) is 0 Å². The number of hydrogen-bond donors (Lipinski definition) is 2. The SMILES string of the molecule is O=C(Nc1cc(F)cc(F)c1)Nc1cc(F)cc(OC(F)(F)F)c1. The van der Waals surface area contributed by atoms with Crippen molar-refractivity contribution in [2.75, 3.05) is 10.6 Å². The van der Waals surface area contributed by atoms with Crippen LogP contribution in [0.3, 0.4) is 0 Å². The molecule has 0 aliphatic rings. The van der Waals surface area contributed by atoms with Gasteiger partial charge in [-0.3, -0.25) is 0 Å². The molecule has 4 nitrogen and oxygen atoms in total. The third kappa shape index (κ3) is 5.38. The minimum atomic E-state index is -5.04. The van der Waals surface area contributed by atoms with Gasteiger partial charge >= 0.3 is 12.4 Å². The maximum atomic E-state index is 13.3. The third-order valence-corrected chi connectivity index (χ3v) is 2.48. The van der Waals surface area contributed by atoms with Gasteiger partial charge in [-0.1, -0.05) is 0 Å². The second-order valence-electron chi connectivity index (χ2n) is 4.46. The van der Waals surface area contributed by atoms with Crippen molar-refractivity contribution in [3.63, 3.8) is 0 Å². The van der Waals surface area contributed by atoms with Crippen LogP contribution in [0.25, 0.3) is 0 Å². The first-order chi connectivity index (χ1) is 11.1. The first-order valence-corrected chi connectivity index (χ1v) is 6.21. The lowest BCUT2D eigenvalue weighted by atomic mass is 10.3. The molecular formula is C14H8F6N2O2. The van der Waals surface area contributed by atoms with Gasteiger partial charge in [0, 0.05) is 29.6 Å². The Morgan fingerprint density at radius 2 is 1.25 bits per heavy atom. The maximum absolute atomic E-state index is 13.3. The molecule has 0 aromatic heterocycles. The van der Waals surface area contributed by atoms with Gasteiger partial charge in [-0.05, 0) is 18.2 Å². The summed E-state index contributed by atoms with van der Waals surface area (Å²) in [6.07, 6.45) is -5.04. The molecule has 2 N–H and O–H groups in total. The number of amides is 2. The van der Waals surface area contributed by atoms with Crippen LogP contribution in [0.2, 0.25) is 0 Å². The minimum absolute atomic E-state index is 0.242. The fraction of sp³-hybridized carbons (Fsp3) is 0.0714. The van der Waals surface area contributed by atoms with E-state index < -0.39 is 35.6 Å². The molecule has 0 heterocycles. The number of hydrogen-bond acceptors (Lipinski definition) is 2. The molecule has 0 aliphatic carbocycles. The average molecular weight is 350 g/mol. The third-order valence-electron chi connectivity index (χ3n) is 2.48. The van der Waals surface area contributed by atoms with Gasteiger partial charge in [0.15, 0.2) is 0 Å². The van der Waals surface area contributed by atoms with Crippen molar-refractivity contribution in [1.29, 1.82) is 0 Å². The minimum Gasteiger partial charge on any atom is -0.406 e. The first kappa shape index (κ1) is 17.4. The summed E-state index contributed by atoms with van der Waals surface area (Å²) in [5.41, 5.74) is -0.600. The lowest BCUT2D eigenvalue weighted by Gasteiger charge is -2.12. The Kier molecular flexibility index (Phi) is 4.86. The first-order valence-electron chi connectivity index (χ1n) is 6.21. The van der Waals surface area contributed by atoms with E-state index in [1.807, 2.05) is 10.6 Å². The Hall–Kier alpha value is -2.91. The zero-order valence-corrected chi connectivity index (χ0v) is 11.5. The summed E-state index contributed by atoms with van der Waals surface area (Å²) in [5.74, 6) is -3.87. The number of ether oxygens (including phenoxy) is 1. The number of rotatable bonds is 3. The molecule has 2 aromatic carbocycles. The van der Waals surface area contributed by atoms with Crippen molar-refractivity contribution >= 4 is 17.4 Å². The van der Waals surface area contributed by atoms with Crippen molar-refractivity contribution < 1.29 is 35.9 Å². The van der Waals surface area contributed by atoms with Crippen LogP contribution in [0.5, 0.6) is 5.75 Å². The number of carbonyl (C=O) groups excluding carboxylic acids is 1. The molecule has 0 fully saturated rings. The highest BCUT2D eigenvalue weighted by Crippen LogP contribution is 2.26. The van der Waals surface area contributed by atoms with E-state index in [-0.39, 0.29) is 11.4 Å². The second-order valence-corrected chi connectivity index (χ2v) is 4.46. The zero-order chi connectivity index (χ0) is 17.9. The van der Waals surface area contributed by atoms with Gasteiger partial charge < -0.3 is 15.4 Å². The lowest BCUT2D eigenvalue weighted by molar-refractivity contribution is -0.274. The number of nitrogens with one attached hydrogen (secondary N) is 2. The van der Waals surface area contributed by atoms with Crippen molar-refractivity contribution in [1.82, 2.24) is 0 Å². The van der Waals surface area contributed by atoms with E-state index in [9.17, 15) is 31.1 Å². The lowest BCUT2D eigenvalue weighted by Crippen LogP contribution is -2.20. The van der Waals surface area contributed by atoms with Crippen LogP contribution in [-0.2, 0) is 0 Å². The summed E-state index contributed by atoms with van der Waals surface area (Å²) in [7, 11) is 0. The van der Waals surface area contributed by atoms with Crippen LogP contribution >= 0.6 is 0 Å². The smallest absolute Gasteiger partial charge is 0.406 e. The molecule has 0 saturated heterocycles. The number of benzene rings is 2. The van der Waals surface area contributed by atoms with Crippen LogP contribution in [0, 0.1) is 17.5 Å². The summed E-state index contributed by atoms with van der Waals surface area (Å²) < 4.78 is 79.1. The number of alkyl halides is 3. The molecule has 10 heteroatoms. The standard InChI is InChI=1S/C14H8F6N2O2/c15-7-1-8(16)3-10(2-7)21-13(23)22-11-4-9(17)5-12(6-11)24-14(18,19)20/h1-6H,(H2,21,22,23). The molecule has 0 saturated carbocycles. The molecule has 0 atom stereocenters. The highest BCUT2D eigenvalue weighted by molar-refractivity contribution is 5.99. The molecular weight excluding hydrogens is 342 g/mol. The largest absolute Gasteiger partial charge is 0.573 e. The molecule has 24 heavy (non-hydrogen) atoms. The van der Waals surface area contributed by atoms with Gasteiger partial charge in [0.25, 0.3) is 0 Å². The van der Waals surface area contributed by atoms with Gasteiger partial charge in [-0.2, -0.15) is 0 Å². The highest BCUT2D eigenvalue weighted by Gasteiger charge is 2.31. The molecule has 2 rings (SSSR count). The highest BCUT2D eigenvalue weighted by atomic mass is 19.4. The summed E-state index contributed by atoms with van der Waals surface area (Å²) in [4.78, 5) is 11.7. The summed E-state index contributed by atoms with van der Waals surface area (Å²) in [6, 6.07) is 3.08. The normalized spacial score (nSPS) is 11.1. The predicted octanol–water partition coefficient (Wildman–Crippen LogP) is 4.65. The Labute approximate surface area is 131 Å². The Balaban J connectivity index is 2.11. The van der Waals surface area contributed by atoms with Crippen LogP contribution in [-0.4, -0.2) is 12.4 Å². The van der Waals surface area contributed by atoms with Crippen LogP contribution in [0.1, 0.15) is 0 Å². The predicted molar refractivity (Wildman–Crippen MR) is 72.1 cm³/mol. The summed E-state index contributed by atoms with van der Waals surface area (Å²) >= 11 is 0. The van der Waals surface area contributed by atoms with Crippen LogP contribution < -0.4 is 15.4 Å². The van der Waals surface area contributed by atoms with Gasteiger partial charge in [-0.25, -0.2) is 18.0 Å². The van der Waals surface area contributed by atoms with Crippen molar-refractivity contribution in [2.45, 2.75) is 6.36 Å². The molecule has 0 aliphatic heterocycles. The van der Waals surface area contributed by atoms with E-state index in [2.05, 4.69) is 4.74 Å². The molecule has 2 amide bonds. The molecule has 0 radical (unpaired) electrons. The van der Waals surface area contributed by atoms with E-state index in [1.165, 1.54) is 0 Å². The Bertz CT molecular complexity index is 743.